The number of ether oxygens (including phenoxy) is 1. The molecule has 0 N–H and O–H groups in total. The van der Waals surface area contributed by atoms with Crippen LogP contribution in [0.4, 0.5) is 0 Å². The largest absolute Gasteiger partial charge is 0.591 e. The van der Waals surface area contributed by atoms with Gasteiger partial charge in [0.25, 0.3) is 0 Å². The quantitative estimate of drug-likeness (QED) is 0.744. The van der Waals surface area contributed by atoms with E-state index in [1.54, 1.807) is 0 Å². The van der Waals surface area contributed by atoms with Crippen LogP contribution in [0.2, 0.25) is 0 Å². The van der Waals surface area contributed by atoms with Gasteiger partial charge in [-0.25, -0.2) is 0 Å². The lowest BCUT2D eigenvalue weighted by Crippen LogP contribution is -2.62. The van der Waals surface area contributed by atoms with E-state index in [-0.39, 0.29) is 5.41 Å². The molecule has 27 heavy (non-hydrogen) atoms. The first-order chi connectivity index (χ1) is 13.2. The summed E-state index contributed by atoms with van der Waals surface area (Å²) in [4.78, 5) is 2.44. The van der Waals surface area contributed by atoms with Crippen molar-refractivity contribution in [2.24, 2.45) is 4.40 Å². The maximum absolute atomic E-state index is 12.1. The van der Waals surface area contributed by atoms with E-state index >= 15 is 0 Å². The van der Waals surface area contributed by atoms with Crippen molar-refractivity contribution >= 4 is 17.2 Å². The summed E-state index contributed by atoms with van der Waals surface area (Å²) in [5.41, 5.74) is 2.33. The molecule has 0 radical (unpaired) electrons. The van der Waals surface area contributed by atoms with Crippen LogP contribution in [0.15, 0.2) is 52.9 Å². The second kappa shape index (κ2) is 6.57. The van der Waals surface area contributed by atoms with Crippen molar-refractivity contribution in [3.05, 3.63) is 59.7 Å². The second-order valence-corrected chi connectivity index (χ2v) is 9.07. The van der Waals surface area contributed by atoms with Crippen molar-refractivity contribution in [3.63, 3.8) is 0 Å². The van der Waals surface area contributed by atoms with Gasteiger partial charge in [-0.15, -0.1) is 0 Å². The van der Waals surface area contributed by atoms with Gasteiger partial charge in [-0.1, -0.05) is 30.3 Å². The number of para-hydroxylation sites is 1. The third-order valence-electron chi connectivity index (χ3n) is 6.37. The monoisotopic (exact) mass is 380 g/mol. The molecule has 2 aromatic rings. The molecule has 2 bridgehead atoms. The fourth-order valence-electron chi connectivity index (χ4n) is 4.88. The van der Waals surface area contributed by atoms with E-state index in [9.17, 15) is 4.55 Å². The summed E-state index contributed by atoms with van der Waals surface area (Å²) in [6.45, 7) is 2.94. The number of rotatable bonds is 3. The molecule has 0 amide bonds. The molecule has 4 aliphatic rings. The van der Waals surface area contributed by atoms with Crippen molar-refractivity contribution in [1.82, 2.24) is 4.90 Å². The number of nitrogens with zero attached hydrogens (tertiary/aromatic N) is 2. The summed E-state index contributed by atoms with van der Waals surface area (Å²) in [5.74, 6) is 3.47. The molecule has 1 saturated carbocycles. The predicted octanol–water partition coefficient (Wildman–Crippen LogP) is 4.36. The molecule has 3 heterocycles. The zero-order valence-corrected chi connectivity index (χ0v) is 16.4. The average Bonchev–Trinajstić information content (AvgIpc) is 2.71. The molecule has 2 saturated heterocycles. The summed E-state index contributed by atoms with van der Waals surface area (Å²) >= 11 is -1.07. The van der Waals surface area contributed by atoms with Crippen LogP contribution in [0.3, 0.4) is 0 Å². The van der Waals surface area contributed by atoms with Crippen molar-refractivity contribution in [2.75, 3.05) is 12.3 Å². The summed E-state index contributed by atoms with van der Waals surface area (Å²) in [7, 11) is 0. The van der Waals surface area contributed by atoms with Gasteiger partial charge in [-0.05, 0) is 66.3 Å². The lowest BCUT2D eigenvalue weighted by atomic mass is 9.63. The summed E-state index contributed by atoms with van der Waals surface area (Å²) in [6.07, 6.45) is 4.60. The Morgan fingerprint density at radius 2 is 1.85 bits per heavy atom. The van der Waals surface area contributed by atoms with Gasteiger partial charge >= 0.3 is 0 Å². The predicted molar refractivity (Wildman–Crippen MR) is 109 cm³/mol. The fourth-order valence-corrected chi connectivity index (χ4v) is 5.80. The van der Waals surface area contributed by atoms with E-state index in [4.69, 9.17) is 4.74 Å². The third kappa shape index (κ3) is 2.84. The zero-order valence-electron chi connectivity index (χ0n) is 15.6. The van der Waals surface area contributed by atoms with Gasteiger partial charge in [-0.2, -0.15) is 0 Å². The highest BCUT2D eigenvalue weighted by Gasteiger charge is 2.53. The molecular weight excluding hydrogens is 356 g/mol. The van der Waals surface area contributed by atoms with Crippen LogP contribution in [-0.2, 0) is 16.8 Å². The lowest BCUT2D eigenvalue weighted by molar-refractivity contribution is 0.151. The van der Waals surface area contributed by atoms with Gasteiger partial charge < -0.3 is 14.2 Å². The maximum atomic E-state index is 12.1. The van der Waals surface area contributed by atoms with Gasteiger partial charge in [0, 0.05) is 6.04 Å². The SMILES string of the molecule is Cc1ccccc1Oc1ccc(C23CCC(CC2)N2CC[S+]([O-])N=C23)cc1. The zero-order chi connectivity index (χ0) is 18.4. The summed E-state index contributed by atoms with van der Waals surface area (Å²) in [6, 6.07) is 17.1. The smallest absolute Gasteiger partial charge is 0.167 e. The van der Waals surface area contributed by atoms with Crippen LogP contribution in [-0.4, -0.2) is 33.6 Å². The minimum atomic E-state index is -1.07. The Morgan fingerprint density at radius 3 is 2.59 bits per heavy atom. The van der Waals surface area contributed by atoms with Gasteiger partial charge in [0.1, 0.15) is 11.5 Å². The first-order valence-electron chi connectivity index (χ1n) is 9.74. The van der Waals surface area contributed by atoms with Crippen LogP contribution in [0.1, 0.15) is 36.8 Å². The number of benzene rings is 2. The van der Waals surface area contributed by atoms with Crippen LogP contribution in [0.5, 0.6) is 11.5 Å². The highest BCUT2D eigenvalue weighted by atomic mass is 32.2. The molecule has 6 rings (SSSR count). The van der Waals surface area contributed by atoms with Crippen LogP contribution in [0.25, 0.3) is 0 Å². The highest BCUT2D eigenvalue weighted by molar-refractivity contribution is 7.90. The molecule has 1 atom stereocenters. The van der Waals surface area contributed by atoms with E-state index < -0.39 is 11.4 Å². The first kappa shape index (κ1) is 17.1. The van der Waals surface area contributed by atoms with E-state index in [1.807, 2.05) is 18.2 Å². The lowest BCUT2D eigenvalue weighted by Gasteiger charge is -2.54. The minimum Gasteiger partial charge on any atom is -0.591 e. The Labute approximate surface area is 163 Å². The molecule has 0 spiro atoms. The number of piperidine rings is 2. The van der Waals surface area contributed by atoms with Gasteiger partial charge in [-0.3, -0.25) is 0 Å². The van der Waals surface area contributed by atoms with Gasteiger partial charge in [0.15, 0.2) is 11.6 Å². The summed E-state index contributed by atoms with van der Waals surface area (Å²) in [5, 5.41) is 0. The molecule has 4 nitrogen and oxygen atoms in total. The van der Waals surface area contributed by atoms with E-state index in [1.165, 1.54) is 18.4 Å². The maximum Gasteiger partial charge on any atom is 0.167 e. The topological polar surface area (TPSA) is 47.9 Å². The Hall–Kier alpha value is -1.98. The van der Waals surface area contributed by atoms with Crippen LogP contribution >= 0.6 is 0 Å². The Balaban J connectivity index is 1.46. The number of fused-ring (bicyclic) bond motifs is 2. The van der Waals surface area contributed by atoms with Crippen LogP contribution < -0.4 is 4.74 Å². The normalized spacial score (nSPS) is 29.3. The Kier molecular flexibility index (Phi) is 4.17. The average molecular weight is 381 g/mol. The fraction of sp³-hybridized carbons (Fsp3) is 0.409. The number of hydrogen-bond acceptors (Lipinski definition) is 4. The number of aryl methyl sites for hydroxylation is 1. The molecule has 3 fully saturated rings. The van der Waals surface area contributed by atoms with E-state index in [0.29, 0.717) is 11.8 Å². The Morgan fingerprint density at radius 1 is 1.11 bits per heavy atom. The second-order valence-electron chi connectivity index (χ2n) is 7.84. The molecule has 5 heteroatoms. The van der Waals surface area contributed by atoms with Crippen molar-refractivity contribution in [1.29, 1.82) is 0 Å². The minimum absolute atomic E-state index is 0.0774. The van der Waals surface area contributed by atoms with Gasteiger partial charge in [0.2, 0.25) is 0 Å². The van der Waals surface area contributed by atoms with Crippen molar-refractivity contribution < 1.29 is 9.29 Å². The van der Waals surface area contributed by atoms with Gasteiger partial charge in [0.05, 0.1) is 23.3 Å². The number of hydrogen-bond donors (Lipinski definition) is 0. The van der Waals surface area contributed by atoms with Crippen LogP contribution in [0, 0.1) is 6.92 Å². The molecule has 3 aliphatic heterocycles. The van der Waals surface area contributed by atoms with Crippen molar-refractivity contribution in [2.45, 2.75) is 44.1 Å². The van der Waals surface area contributed by atoms with E-state index in [0.717, 1.165) is 42.3 Å². The molecule has 1 unspecified atom stereocenters. The standard InChI is InChI=1S/C22H24N2O2S/c1-16-4-2-3-5-20(16)26-19-8-6-17(7-9-19)22-12-10-18(11-13-22)24-14-15-27(25)23-21(22)24/h2-9,18H,10-15H2,1H3. The van der Waals surface area contributed by atoms with E-state index in [2.05, 4.69) is 46.6 Å². The molecule has 140 valence electrons. The van der Waals surface area contributed by atoms with Crippen molar-refractivity contribution in [3.8, 4) is 11.5 Å². The summed E-state index contributed by atoms with van der Waals surface area (Å²) < 4.78 is 22.8. The first-order valence-corrected chi connectivity index (χ1v) is 11.0. The molecule has 2 aromatic carbocycles. The molecule has 0 aromatic heterocycles. The number of amidine groups is 1. The highest BCUT2D eigenvalue weighted by Crippen LogP contribution is 2.49. The Bertz CT molecular complexity index is 872. The third-order valence-corrected chi connectivity index (χ3v) is 7.28. The molecule has 1 aliphatic carbocycles. The molecular formula is C22H24N2O2S.